The lowest BCUT2D eigenvalue weighted by atomic mass is 10.00. The highest BCUT2D eigenvalue weighted by Crippen LogP contribution is 2.24. The van der Waals surface area contributed by atoms with Crippen molar-refractivity contribution in [3.63, 3.8) is 0 Å². The Morgan fingerprint density at radius 2 is 1.81 bits per heavy atom. The molecule has 0 aromatic heterocycles. The number of nitrogens with one attached hydrogen (secondary N) is 1. The van der Waals surface area contributed by atoms with E-state index in [1.54, 1.807) is 0 Å². The Hall–Kier alpha value is -1.04. The van der Waals surface area contributed by atoms with Crippen LogP contribution in [-0.4, -0.2) is 22.4 Å². The topological polar surface area (TPSA) is 61.4 Å². The highest BCUT2D eigenvalue weighted by atomic mass is 32.2. The first kappa shape index (κ1) is 18.0. The monoisotopic (exact) mass is 311 g/mol. The third-order valence-electron chi connectivity index (χ3n) is 3.05. The van der Waals surface area contributed by atoms with Gasteiger partial charge in [-0.15, -0.1) is 4.72 Å². The number of carbonyl (C=O) groups excluding carboxylic acids is 1. The van der Waals surface area contributed by atoms with Crippen LogP contribution in [0.25, 0.3) is 0 Å². The first-order chi connectivity index (χ1) is 9.63. The molecule has 0 aliphatic rings. The van der Waals surface area contributed by atoms with Crippen LogP contribution >= 0.6 is 0 Å². The van der Waals surface area contributed by atoms with Gasteiger partial charge in [-0.05, 0) is 40.2 Å². The van der Waals surface area contributed by atoms with Crippen molar-refractivity contribution in [3.05, 3.63) is 34.9 Å². The number of hydrogen-bond donors (Lipinski definition) is 1. The summed E-state index contributed by atoms with van der Waals surface area (Å²) in [5.74, 6) is -0.322. The maximum atomic E-state index is 12.3. The third kappa shape index (κ3) is 5.69. The van der Waals surface area contributed by atoms with E-state index in [4.69, 9.17) is 4.74 Å². The number of benzene rings is 1. The smallest absolute Gasteiger partial charge is 0.307 e. The van der Waals surface area contributed by atoms with Crippen molar-refractivity contribution >= 4 is 17.3 Å². The van der Waals surface area contributed by atoms with Crippen LogP contribution in [0.1, 0.15) is 49.9 Å². The van der Waals surface area contributed by atoms with Crippen molar-refractivity contribution < 1.29 is 14.1 Å². The Labute approximate surface area is 130 Å². The lowest BCUT2D eigenvalue weighted by molar-refractivity contribution is -0.141. The molecule has 1 N–H and O–H groups in total. The molecule has 0 saturated heterocycles. The van der Waals surface area contributed by atoms with Crippen molar-refractivity contribution in [1.82, 2.24) is 4.72 Å². The van der Waals surface area contributed by atoms with Crippen LogP contribution in [-0.2, 0) is 20.9 Å². The molecule has 0 radical (unpaired) electrons. The van der Waals surface area contributed by atoms with E-state index >= 15 is 0 Å². The Morgan fingerprint density at radius 3 is 2.24 bits per heavy atom. The molecule has 0 aliphatic carbocycles. The maximum Gasteiger partial charge on any atom is 0.307 e. The van der Waals surface area contributed by atoms with Crippen LogP contribution in [0.4, 0.5) is 0 Å². The Kier molecular flexibility index (Phi) is 6.25. The summed E-state index contributed by atoms with van der Waals surface area (Å²) in [7, 11) is 1.36. The summed E-state index contributed by atoms with van der Waals surface area (Å²) in [6, 6.07) is 5.76. The molecule has 4 nitrogen and oxygen atoms in total. The van der Waals surface area contributed by atoms with E-state index in [0.717, 1.165) is 16.7 Å². The minimum absolute atomic E-state index is 0.154. The van der Waals surface area contributed by atoms with Crippen LogP contribution in [0.2, 0.25) is 0 Å². The Balaban J connectivity index is 3.04. The van der Waals surface area contributed by atoms with E-state index in [1.165, 1.54) is 7.11 Å². The van der Waals surface area contributed by atoms with Crippen LogP contribution in [0.5, 0.6) is 0 Å². The molecule has 1 aromatic carbocycles. The van der Waals surface area contributed by atoms with Gasteiger partial charge in [-0.1, -0.05) is 29.3 Å². The van der Waals surface area contributed by atoms with Crippen LogP contribution < -0.4 is 4.72 Å². The van der Waals surface area contributed by atoms with E-state index < -0.39 is 16.1 Å². The zero-order valence-electron chi connectivity index (χ0n) is 13.6. The zero-order chi connectivity index (χ0) is 16.2. The Morgan fingerprint density at radius 1 is 1.29 bits per heavy atom. The second kappa shape index (κ2) is 7.29. The first-order valence-corrected chi connectivity index (χ1v) is 8.11. The molecular weight excluding hydrogens is 286 g/mol. The van der Waals surface area contributed by atoms with E-state index in [9.17, 15) is 9.35 Å². The molecule has 21 heavy (non-hydrogen) atoms. The van der Waals surface area contributed by atoms with Gasteiger partial charge < -0.3 is 9.29 Å². The number of hydrogen-bond acceptors (Lipinski definition) is 4. The number of rotatable bonds is 5. The number of esters is 1. The van der Waals surface area contributed by atoms with Gasteiger partial charge in [0.05, 0.1) is 19.6 Å². The second-order valence-corrected chi connectivity index (χ2v) is 8.25. The van der Waals surface area contributed by atoms with Crippen LogP contribution in [0, 0.1) is 13.8 Å². The van der Waals surface area contributed by atoms with Gasteiger partial charge in [-0.3, -0.25) is 4.79 Å². The molecular formula is C16H25NO3S. The molecule has 0 aliphatic heterocycles. The predicted molar refractivity (Wildman–Crippen MR) is 86.3 cm³/mol. The van der Waals surface area contributed by atoms with Crippen molar-refractivity contribution in [2.75, 3.05) is 7.11 Å². The van der Waals surface area contributed by atoms with Gasteiger partial charge in [0.1, 0.15) is 4.75 Å². The van der Waals surface area contributed by atoms with Crippen molar-refractivity contribution in [2.24, 2.45) is 0 Å². The fourth-order valence-corrected chi connectivity index (χ4v) is 2.83. The predicted octanol–water partition coefficient (Wildman–Crippen LogP) is 2.96. The van der Waals surface area contributed by atoms with Gasteiger partial charge in [-0.2, -0.15) is 0 Å². The summed E-state index contributed by atoms with van der Waals surface area (Å²) >= 11 is -1.26. The SMILES string of the molecule is COC(=O)C[C@H](N[S@+]([O-])C(C)(C)C)c1cc(C)cc(C)c1. The highest BCUT2D eigenvalue weighted by Gasteiger charge is 2.31. The molecule has 1 rings (SSSR count). The average molecular weight is 311 g/mol. The molecule has 0 heterocycles. The summed E-state index contributed by atoms with van der Waals surface area (Å²) in [5.41, 5.74) is 3.18. The molecule has 0 bridgehead atoms. The molecule has 0 unspecified atom stereocenters. The molecule has 1 aromatic rings. The number of methoxy groups -OCH3 is 1. The van der Waals surface area contributed by atoms with Gasteiger partial charge >= 0.3 is 5.97 Å². The minimum atomic E-state index is -1.26. The van der Waals surface area contributed by atoms with Crippen molar-refractivity contribution in [3.8, 4) is 0 Å². The summed E-state index contributed by atoms with van der Waals surface area (Å²) in [6.07, 6.45) is 0.154. The second-order valence-electron chi connectivity index (χ2n) is 6.25. The maximum absolute atomic E-state index is 12.3. The quantitative estimate of drug-likeness (QED) is 0.671. The average Bonchev–Trinajstić information content (AvgIpc) is 2.35. The largest absolute Gasteiger partial charge is 0.598 e. The third-order valence-corrected chi connectivity index (χ3v) is 4.66. The zero-order valence-corrected chi connectivity index (χ0v) is 14.5. The fourth-order valence-electron chi connectivity index (χ4n) is 1.99. The molecule has 0 amide bonds. The molecule has 0 spiro atoms. The van der Waals surface area contributed by atoms with Gasteiger partial charge in [0, 0.05) is 11.4 Å². The van der Waals surface area contributed by atoms with Crippen LogP contribution in [0.15, 0.2) is 18.2 Å². The van der Waals surface area contributed by atoms with Gasteiger partial charge in [-0.25, -0.2) is 0 Å². The normalized spacial score (nSPS) is 14.6. The van der Waals surface area contributed by atoms with E-state index in [2.05, 4.69) is 10.8 Å². The van der Waals surface area contributed by atoms with E-state index in [1.807, 2.05) is 46.8 Å². The minimum Gasteiger partial charge on any atom is -0.598 e. The van der Waals surface area contributed by atoms with Gasteiger partial charge in [0.15, 0.2) is 0 Å². The van der Waals surface area contributed by atoms with Gasteiger partial charge in [0.2, 0.25) is 0 Å². The van der Waals surface area contributed by atoms with Crippen molar-refractivity contribution in [1.29, 1.82) is 0 Å². The molecule has 0 saturated carbocycles. The summed E-state index contributed by atoms with van der Waals surface area (Å²) < 4.78 is 19.8. The number of ether oxygens (including phenoxy) is 1. The fraction of sp³-hybridized carbons (Fsp3) is 0.562. The Bertz CT molecular complexity index is 477. The first-order valence-electron chi connectivity index (χ1n) is 6.96. The summed E-state index contributed by atoms with van der Waals surface area (Å²) in [6.45, 7) is 9.70. The summed E-state index contributed by atoms with van der Waals surface area (Å²) in [4.78, 5) is 11.6. The lowest BCUT2D eigenvalue weighted by Crippen LogP contribution is -2.42. The molecule has 2 atom stereocenters. The van der Waals surface area contributed by atoms with Gasteiger partial charge in [0.25, 0.3) is 0 Å². The molecule has 118 valence electrons. The van der Waals surface area contributed by atoms with Crippen molar-refractivity contribution in [2.45, 2.75) is 51.8 Å². The van der Waals surface area contributed by atoms with E-state index in [0.29, 0.717) is 0 Å². The van der Waals surface area contributed by atoms with E-state index in [-0.39, 0.29) is 18.4 Å². The molecule has 0 fully saturated rings. The lowest BCUT2D eigenvalue weighted by Gasteiger charge is -2.28. The molecule has 5 heteroatoms. The number of carbonyl (C=O) groups is 1. The standard InChI is InChI=1S/C16H25NO3S/c1-11-7-12(2)9-13(8-11)14(10-15(18)20-6)17-21(19)16(3,4)5/h7-9,14,17H,10H2,1-6H3/t14-,21+/m0/s1. The van der Waals surface area contributed by atoms with Crippen LogP contribution in [0.3, 0.4) is 0 Å². The number of aryl methyl sites for hydroxylation is 2. The highest BCUT2D eigenvalue weighted by molar-refractivity contribution is 7.90. The summed E-state index contributed by atoms with van der Waals surface area (Å²) in [5, 5.41) is 0.